The van der Waals surface area contributed by atoms with E-state index >= 15 is 0 Å². The van der Waals surface area contributed by atoms with E-state index in [0.717, 1.165) is 23.5 Å². The highest BCUT2D eigenvalue weighted by atomic mass is 15.5. The molecule has 0 bridgehead atoms. The van der Waals surface area contributed by atoms with Gasteiger partial charge in [-0.25, -0.2) is 4.68 Å². The molecule has 0 saturated heterocycles. The second-order valence-electron chi connectivity index (χ2n) is 5.38. The molecule has 0 saturated carbocycles. The van der Waals surface area contributed by atoms with Gasteiger partial charge in [-0.05, 0) is 41.8 Å². The highest BCUT2D eigenvalue weighted by Crippen LogP contribution is 2.21. The first-order valence-electron chi connectivity index (χ1n) is 6.65. The van der Waals surface area contributed by atoms with Crippen LogP contribution in [-0.4, -0.2) is 26.2 Å². The van der Waals surface area contributed by atoms with Crippen molar-refractivity contribution in [2.75, 3.05) is 5.32 Å². The van der Waals surface area contributed by atoms with Crippen LogP contribution in [-0.2, 0) is 7.05 Å². The third kappa shape index (κ3) is 3.53. The van der Waals surface area contributed by atoms with Crippen LogP contribution in [0.3, 0.4) is 0 Å². The van der Waals surface area contributed by atoms with E-state index < -0.39 is 0 Å². The number of tetrazole rings is 1. The Kier molecular flexibility index (Phi) is 4.14. The lowest BCUT2D eigenvalue weighted by Crippen LogP contribution is -2.17. The second-order valence-corrected chi connectivity index (χ2v) is 5.38. The molecule has 0 fully saturated rings. The first-order valence-corrected chi connectivity index (χ1v) is 6.65. The normalized spacial score (nSPS) is 12.7. The fourth-order valence-electron chi connectivity index (χ4n) is 2.27. The summed E-state index contributed by atoms with van der Waals surface area (Å²) in [5.41, 5.74) is 2.13. The lowest BCUT2D eigenvalue weighted by atomic mass is 10.0. The molecule has 2 rings (SSSR count). The maximum absolute atomic E-state index is 4.03. The fraction of sp³-hybridized carbons (Fsp3) is 0.500. The molecule has 102 valence electrons. The predicted molar refractivity (Wildman–Crippen MR) is 76.8 cm³/mol. The van der Waals surface area contributed by atoms with Gasteiger partial charge in [0, 0.05) is 24.3 Å². The third-order valence-corrected chi connectivity index (χ3v) is 2.98. The summed E-state index contributed by atoms with van der Waals surface area (Å²) in [6.07, 6.45) is 1.15. The largest absolute Gasteiger partial charge is 0.383 e. The lowest BCUT2D eigenvalue weighted by Gasteiger charge is -2.17. The molecule has 1 aromatic carbocycles. The summed E-state index contributed by atoms with van der Waals surface area (Å²) in [7, 11) is 1.84. The smallest absolute Gasteiger partial charge is 0.181 e. The van der Waals surface area contributed by atoms with Crippen molar-refractivity contribution in [2.45, 2.75) is 33.2 Å². The van der Waals surface area contributed by atoms with Crippen LogP contribution < -0.4 is 5.32 Å². The molecule has 2 aromatic rings. The van der Waals surface area contributed by atoms with Crippen molar-refractivity contribution >= 4 is 5.69 Å². The zero-order valence-corrected chi connectivity index (χ0v) is 12.0. The standard InChI is InChI=1S/C14H21N5/c1-10(2)8-11(3)15-13-7-5-6-12(9-13)14-16-17-18-19(14)4/h5-7,9-11,15H,8H2,1-4H3. The molecule has 0 aliphatic carbocycles. The lowest BCUT2D eigenvalue weighted by molar-refractivity contribution is 0.540. The third-order valence-electron chi connectivity index (χ3n) is 2.98. The molecule has 5 nitrogen and oxygen atoms in total. The summed E-state index contributed by atoms with van der Waals surface area (Å²) >= 11 is 0. The van der Waals surface area contributed by atoms with Crippen LogP contribution in [0.2, 0.25) is 0 Å². The topological polar surface area (TPSA) is 55.6 Å². The number of aryl methyl sites for hydroxylation is 1. The Morgan fingerprint density at radius 2 is 2.05 bits per heavy atom. The number of benzene rings is 1. The van der Waals surface area contributed by atoms with Crippen molar-refractivity contribution in [3.63, 3.8) is 0 Å². The number of rotatable bonds is 5. The summed E-state index contributed by atoms with van der Waals surface area (Å²) in [6, 6.07) is 8.65. The molecular formula is C14H21N5. The molecular weight excluding hydrogens is 238 g/mol. The average Bonchev–Trinajstić information content (AvgIpc) is 2.74. The zero-order valence-electron chi connectivity index (χ0n) is 12.0. The Hall–Kier alpha value is -1.91. The van der Waals surface area contributed by atoms with Crippen molar-refractivity contribution in [1.29, 1.82) is 0 Å². The van der Waals surface area contributed by atoms with E-state index in [0.29, 0.717) is 12.0 Å². The first kappa shape index (κ1) is 13.5. The van der Waals surface area contributed by atoms with Crippen LogP contribution in [0.5, 0.6) is 0 Å². The molecule has 1 atom stereocenters. The van der Waals surface area contributed by atoms with E-state index in [2.05, 4.69) is 53.7 Å². The highest BCUT2D eigenvalue weighted by Gasteiger charge is 2.08. The van der Waals surface area contributed by atoms with E-state index in [-0.39, 0.29) is 0 Å². The minimum absolute atomic E-state index is 0.452. The van der Waals surface area contributed by atoms with Crippen LogP contribution in [0, 0.1) is 5.92 Å². The van der Waals surface area contributed by atoms with Crippen molar-refractivity contribution < 1.29 is 0 Å². The van der Waals surface area contributed by atoms with Gasteiger partial charge in [0.1, 0.15) is 0 Å². The fourth-order valence-corrected chi connectivity index (χ4v) is 2.27. The number of anilines is 1. The van der Waals surface area contributed by atoms with Crippen LogP contribution in [0.1, 0.15) is 27.2 Å². The summed E-state index contributed by atoms with van der Waals surface area (Å²) in [5, 5.41) is 15.1. The molecule has 1 N–H and O–H groups in total. The highest BCUT2D eigenvalue weighted by molar-refractivity contribution is 5.62. The number of nitrogens with zero attached hydrogens (tertiary/aromatic N) is 4. The summed E-state index contributed by atoms with van der Waals surface area (Å²) in [5.74, 6) is 1.47. The summed E-state index contributed by atoms with van der Waals surface area (Å²) in [6.45, 7) is 6.68. The van der Waals surface area contributed by atoms with Crippen LogP contribution in [0.15, 0.2) is 24.3 Å². The SMILES string of the molecule is CC(C)CC(C)Nc1cccc(-c2nnnn2C)c1. The van der Waals surface area contributed by atoms with Gasteiger partial charge in [-0.1, -0.05) is 26.0 Å². The van der Waals surface area contributed by atoms with Gasteiger partial charge in [0.25, 0.3) is 0 Å². The molecule has 1 heterocycles. The van der Waals surface area contributed by atoms with Gasteiger partial charge in [-0.2, -0.15) is 0 Å². The van der Waals surface area contributed by atoms with E-state index in [1.54, 1.807) is 4.68 Å². The van der Waals surface area contributed by atoms with Crippen LogP contribution in [0.25, 0.3) is 11.4 Å². The quantitative estimate of drug-likeness (QED) is 0.897. The number of hydrogen-bond acceptors (Lipinski definition) is 4. The zero-order chi connectivity index (χ0) is 13.8. The number of nitrogens with one attached hydrogen (secondary N) is 1. The van der Waals surface area contributed by atoms with Crippen molar-refractivity contribution in [1.82, 2.24) is 20.2 Å². The maximum Gasteiger partial charge on any atom is 0.181 e. The van der Waals surface area contributed by atoms with Gasteiger partial charge in [-0.3, -0.25) is 0 Å². The Morgan fingerprint density at radius 1 is 1.26 bits per heavy atom. The van der Waals surface area contributed by atoms with E-state index in [1.165, 1.54) is 0 Å². The molecule has 1 aromatic heterocycles. The number of hydrogen-bond donors (Lipinski definition) is 1. The Bertz CT molecular complexity index is 532. The van der Waals surface area contributed by atoms with Gasteiger partial charge in [0.05, 0.1) is 0 Å². The molecule has 1 unspecified atom stereocenters. The Morgan fingerprint density at radius 3 is 2.68 bits per heavy atom. The van der Waals surface area contributed by atoms with Crippen LogP contribution in [0.4, 0.5) is 5.69 Å². The molecule has 0 radical (unpaired) electrons. The average molecular weight is 259 g/mol. The molecule has 19 heavy (non-hydrogen) atoms. The summed E-state index contributed by atoms with van der Waals surface area (Å²) in [4.78, 5) is 0. The Labute approximate surface area is 114 Å². The van der Waals surface area contributed by atoms with Gasteiger partial charge >= 0.3 is 0 Å². The molecule has 0 aliphatic rings. The molecule has 0 aliphatic heterocycles. The van der Waals surface area contributed by atoms with Crippen molar-refractivity contribution in [2.24, 2.45) is 13.0 Å². The van der Waals surface area contributed by atoms with Gasteiger partial charge in [0.15, 0.2) is 5.82 Å². The minimum atomic E-state index is 0.452. The van der Waals surface area contributed by atoms with Gasteiger partial charge in [-0.15, -0.1) is 5.10 Å². The van der Waals surface area contributed by atoms with E-state index in [1.807, 2.05) is 19.2 Å². The predicted octanol–water partition coefficient (Wildman–Crippen LogP) is 2.72. The van der Waals surface area contributed by atoms with Crippen molar-refractivity contribution in [3.05, 3.63) is 24.3 Å². The molecule has 5 heteroatoms. The number of aromatic nitrogens is 4. The molecule has 0 spiro atoms. The molecule has 0 amide bonds. The first-order chi connectivity index (χ1) is 9.06. The monoisotopic (exact) mass is 259 g/mol. The van der Waals surface area contributed by atoms with Crippen LogP contribution >= 0.6 is 0 Å². The second kappa shape index (κ2) is 5.82. The van der Waals surface area contributed by atoms with Gasteiger partial charge < -0.3 is 5.32 Å². The van der Waals surface area contributed by atoms with Crippen molar-refractivity contribution in [3.8, 4) is 11.4 Å². The Balaban J connectivity index is 2.14. The minimum Gasteiger partial charge on any atom is -0.383 e. The van der Waals surface area contributed by atoms with E-state index in [9.17, 15) is 0 Å². The summed E-state index contributed by atoms with van der Waals surface area (Å²) < 4.78 is 1.68. The van der Waals surface area contributed by atoms with Gasteiger partial charge in [0.2, 0.25) is 0 Å². The maximum atomic E-state index is 4.03. The van der Waals surface area contributed by atoms with E-state index in [4.69, 9.17) is 0 Å².